The molecule has 1 saturated heterocycles. The van der Waals surface area contributed by atoms with Crippen LogP contribution in [0.25, 0.3) is 0 Å². The van der Waals surface area contributed by atoms with Gasteiger partial charge in [-0.15, -0.1) is 0 Å². The molecule has 0 aromatic heterocycles. The van der Waals surface area contributed by atoms with Gasteiger partial charge in [0.2, 0.25) is 0 Å². The lowest BCUT2D eigenvalue weighted by atomic mass is 10.1. The van der Waals surface area contributed by atoms with Crippen molar-refractivity contribution in [2.45, 2.75) is 32.7 Å². The van der Waals surface area contributed by atoms with Crippen molar-refractivity contribution in [3.05, 3.63) is 29.3 Å². The van der Waals surface area contributed by atoms with Crippen LogP contribution >= 0.6 is 11.8 Å². The predicted molar refractivity (Wildman–Crippen MR) is 83.2 cm³/mol. The Morgan fingerprint density at radius 1 is 1.37 bits per heavy atom. The summed E-state index contributed by atoms with van der Waals surface area (Å²) in [6, 6.07) is 6.32. The minimum atomic E-state index is 0.0524. The van der Waals surface area contributed by atoms with Crippen molar-refractivity contribution in [3.63, 3.8) is 0 Å². The molecule has 0 spiro atoms. The normalized spacial score (nSPS) is 16.1. The summed E-state index contributed by atoms with van der Waals surface area (Å²) in [6.07, 6.45) is 2.16. The topological polar surface area (TPSA) is 41.1 Å². The second-order valence-electron chi connectivity index (χ2n) is 4.94. The predicted octanol–water partition coefficient (Wildman–Crippen LogP) is 3.05. The van der Waals surface area contributed by atoms with Gasteiger partial charge in [-0.3, -0.25) is 4.79 Å². The summed E-state index contributed by atoms with van der Waals surface area (Å²) in [4.78, 5) is 12.4. The molecule has 0 unspecified atom stereocenters. The number of hydrogen-bond acceptors (Lipinski definition) is 3. The highest BCUT2D eigenvalue weighted by atomic mass is 32.2. The first kappa shape index (κ1) is 14.3. The second kappa shape index (κ2) is 6.85. The SMILES string of the molecule is CCNc1ccc(C)cc1C(=O)NC1CCSCC1. The number of anilines is 1. The Labute approximate surface area is 119 Å². The molecule has 19 heavy (non-hydrogen) atoms. The van der Waals surface area contributed by atoms with Gasteiger partial charge in [-0.2, -0.15) is 11.8 Å². The van der Waals surface area contributed by atoms with Crippen molar-refractivity contribution in [1.82, 2.24) is 5.32 Å². The summed E-state index contributed by atoms with van der Waals surface area (Å²) >= 11 is 1.97. The van der Waals surface area contributed by atoms with Crippen LogP contribution in [0.1, 0.15) is 35.7 Å². The van der Waals surface area contributed by atoms with Gasteiger partial charge in [0.15, 0.2) is 0 Å². The Bertz CT molecular complexity index is 442. The van der Waals surface area contributed by atoms with E-state index in [0.29, 0.717) is 6.04 Å². The second-order valence-corrected chi connectivity index (χ2v) is 6.16. The molecule has 1 aliphatic rings. The third kappa shape index (κ3) is 3.90. The molecule has 2 rings (SSSR count). The van der Waals surface area contributed by atoms with Gasteiger partial charge in [0, 0.05) is 18.3 Å². The molecule has 0 atom stereocenters. The maximum atomic E-state index is 12.4. The lowest BCUT2D eigenvalue weighted by Gasteiger charge is -2.23. The van der Waals surface area contributed by atoms with Gasteiger partial charge in [-0.25, -0.2) is 0 Å². The van der Waals surface area contributed by atoms with E-state index in [4.69, 9.17) is 0 Å². The average Bonchev–Trinajstić information content (AvgIpc) is 2.42. The quantitative estimate of drug-likeness (QED) is 0.889. The van der Waals surface area contributed by atoms with Crippen LogP contribution in [0.4, 0.5) is 5.69 Å². The first-order chi connectivity index (χ1) is 9.20. The lowest BCUT2D eigenvalue weighted by molar-refractivity contribution is 0.0935. The van der Waals surface area contributed by atoms with Crippen molar-refractivity contribution in [2.75, 3.05) is 23.4 Å². The standard InChI is InChI=1S/C15H22N2OS/c1-3-16-14-5-4-11(2)10-13(14)15(18)17-12-6-8-19-9-7-12/h4-5,10,12,16H,3,6-9H2,1-2H3,(H,17,18). The largest absolute Gasteiger partial charge is 0.385 e. The molecule has 0 radical (unpaired) electrons. The number of rotatable bonds is 4. The molecule has 1 aliphatic heterocycles. The van der Waals surface area contributed by atoms with Crippen LogP contribution in [0.5, 0.6) is 0 Å². The van der Waals surface area contributed by atoms with Crippen molar-refractivity contribution in [2.24, 2.45) is 0 Å². The number of hydrogen-bond donors (Lipinski definition) is 2. The number of nitrogens with one attached hydrogen (secondary N) is 2. The fourth-order valence-corrected chi connectivity index (χ4v) is 3.40. The van der Waals surface area contributed by atoms with E-state index in [2.05, 4.69) is 10.6 Å². The average molecular weight is 278 g/mol. The van der Waals surface area contributed by atoms with Gasteiger partial charge in [0.25, 0.3) is 5.91 Å². The molecule has 0 bridgehead atoms. The Morgan fingerprint density at radius 2 is 2.11 bits per heavy atom. The van der Waals surface area contributed by atoms with E-state index < -0.39 is 0 Å². The number of aryl methyl sites for hydroxylation is 1. The molecule has 3 nitrogen and oxygen atoms in total. The van der Waals surface area contributed by atoms with Crippen LogP contribution in [0.3, 0.4) is 0 Å². The molecular formula is C15H22N2OS. The van der Waals surface area contributed by atoms with Crippen molar-refractivity contribution in [1.29, 1.82) is 0 Å². The summed E-state index contributed by atoms with van der Waals surface area (Å²) in [5, 5.41) is 6.43. The zero-order valence-corrected chi connectivity index (χ0v) is 12.5. The fourth-order valence-electron chi connectivity index (χ4n) is 2.30. The van der Waals surface area contributed by atoms with Gasteiger partial charge < -0.3 is 10.6 Å². The van der Waals surface area contributed by atoms with Gasteiger partial charge >= 0.3 is 0 Å². The van der Waals surface area contributed by atoms with Crippen molar-refractivity contribution >= 4 is 23.4 Å². The highest BCUT2D eigenvalue weighted by Gasteiger charge is 2.18. The molecule has 1 heterocycles. The van der Waals surface area contributed by atoms with Crippen LogP contribution in [0.2, 0.25) is 0 Å². The van der Waals surface area contributed by atoms with Gasteiger partial charge in [-0.05, 0) is 50.3 Å². The van der Waals surface area contributed by atoms with Gasteiger partial charge in [0.1, 0.15) is 0 Å². The molecular weight excluding hydrogens is 256 g/mol. The van der Waals surface area contributed by atoms with E-state index in [-0.39, 0.29) is 5.91 Å². The summed E-state index contributed by atoms with van der Waals surface area (Å²) in [5.41, 5.74) is 2.81. The van der Waals surface area contributed by atoms with Crippen molar-refractivity contribution in [3.8, 4) is 0 Å². The number of carbonyl (C=O) groups excluding carboxylic acids is 1. The highest BCUT2D eigenvalue weighted by molar-refractivity contribution is 7.99. The summed E-state index contributed by atoms with van der Waals surface area (Å²) in [7, 11) is 0. The number of carbonyl (C=O) groups is 1. The minimum absolute atomic E-state index is 0.0524. The van der Waals surface area contributed by atoms with Crippen LogP contribution in [-0.2, 0) is 0 Å². The molecule has 0 aliphatic carbocycles. The molecule has 1 fully saturated rings. The fraction of sp³-hybridized carbons (Fsp3) is 0.533. The number of benzene rings is 1. The van der Waals surface area contributed by atoms with Crippen LogP contribution < -0.4 is 10.6 Å². The molecule has 1 amide bonds. The van der Waals surface area contributed by atoms with E-state index >= 15 is 0 Å². The third-order valence-electron chi connectivity index (χ3n) is 3.34. The molecule has 0 saturated carbocycles. The van der Waals surface area contributed by atoms with E-state index in [1.807, 2.05) is 43.8 Å². The monoisotopic (exact) mass is 278 g/mol. The minimum Gasteiger partial charge on any atom is -0.385 e. The number of amides is 1. The Hall–Kier alpha value is -1.16. The Morgan fingerprint density at radius 3 is 2.79 bits per heavy atom. The molecule has 1 aromatic rings. The number of thioether (sulfide) groups is 1. The van der Waals surface area contributed by atoms with Crippen LogP contribution in [0.15, 0.2) is 18.2 Å². The third-order valence-corrected chi connectivity index (χ3v) is 4.39. The van der Waals surface area contributed by atoms with Gasteiger partial charge in [0.05, 0.1) is 5.56 Å². The summed E-state index contributed by atoms with van der Waals surface area (Å²) in [6.45, 7) is 4.88. The summed E-state index contributed by atoms with van der Waals surface area (Å²) in [5.74, 6) is 2.36. The maximum Gasteiger partial charge on any atom is 0.253 e. The zero-order chi connectivity index (χ0) is 13.7. The van der Waals surface area contributed by atoms with Crippen LogP contribution in [-0.4, -0.2) is 30.0 Å². The summed E-state index contributed by atoms with van der Waals surface area (Å²) < 4.78 is 0. The first-order valence-corrected chi connectivity index (χ1v) is 8.09. The Balaban J connectivity index is 2.10. The first-order valence-electron chi connectivity index (χ1n) is 6.94. The lowest BCUT2D eigenvalue weighted by Crippen LogP contribution is -2.37. The Kier molecular flexibility index (Phi) is 5.14. The van der Waals surface area contributed by atoms with E-state index in [1.54, 1.807) is 0 Å². The molecule has 4 heteroatoms. The van der Waals surface area contributed by atoms with E-state index in [0.717, 1.165) is 47.7 Å². The smallest absolute Gasteiger partial charge is 0.253 e. The molecule has 104 valence electrons. The van der Waals surface area contributed by atoms with Gasteiger partial charge in [-0.1, -0.05) is 11.6 Å². The van der Waals surface area contributed by atoms with E-state index in [9.17, 15) is 4.79 Å². The van der Waals surface area contributed by atoms with Crippen molar-refractivity contribution < 1.29 is 4.79 Å². The molecule has 1 aromatic carbocycles. The maximum absolute atomic E-state index is 12.4. The molecule has 2 N–H and O–H groups in total. The highest BCUT2D eigenvalue weighted by Crippen LogP contribution is 2.20. The van der Waals surface area contributed by atoms with E-state index in [1.165, 1.54) is 0 Å². The van der Waals surface area contributed by atoms with Crippen LogP contribution in [0, 0.1) is 6.92 Å². The zero-order valence-electron chi connectivity index (χ0n) is 11.7.